The smallest absolute Gasteiger partial charge is 0.163 e. The van der Waals surface area contributed by atoms with E-state index in [0.29, 0.717) is 10.6 Å². The summed E-state index contributed by atoms with van der Waals surface area (Å²) in [5.41, 5.74) is 3.02. The van der Waals surface area contributed by atoms with Crippen LogP contribution in [-0.2, 0) is 0 Å². The number of fused-ring (bicyclic) bond motifs is 3. The van der Waals surface area contributed by atoms with Gasteiger partial charge in [-0.1, -0.05) is 61.8 Å². The summed E-state index contributed by atoms with van der Waals surface area (Å²) in [6.07, 6.45) is 3.51. The van der Waals surface area contributed by atoms with Crippen LogP contribution in [0.25, 0.3) is 10.9 Å². The average Bonchev–Trinajstić information content (AvgIpc) is 2.85. The third kappa shape index (κ3) is 3.67. The van der Waals surface area contributed by atoms with Gasteiger partial charge in [0.05, 0.1) is 16.6 Å². The Morgan fingerprint density at radius 3 is 2.58 bits per heavy atom. The second-order valence-electron chi connectivity index (χ2n) is 6.71. The van der Waals surface area contributed by atoms with Gasteiger partial charge >= 0.3 is 0 Å². The molecule has 0 bridgehead atoms. The highest BCUT2D eigenvalue weighted by molar-refractivity contribution is 6.32. The number of pyridine rings is 2. The molecule has 0 fully saturated rings. The van der Waals surface area contributed by atoms with Gasteiger partial charge in [-0.05, 0) is 29.8 Å². The van der Waals surface area contributed by atoms with Crippen molar-refractivity contribution in [2.75, 3.05) is 11.6 Å². The summed E-state index contributed by atoms with van der Waals surface area (Å²) in [5.74, 6) is 1.50. The van der Waals surface area contributed by atoms with Gasteiger partial charge in [-0.2, -0.15) is 5.26 Å². The standard InChI is InChI=1S/C23H15ClN4O.C2H6/c24-20-16(13-25)5-3-7-17(20)22-18-10-9-15-6-4-12-27-21(15)23(18)29-14-28(22)19-8-1-2-11-26-19;1-2/h1-12,22H,14H2;1-2H3. The lowest BCUT2D eigenvalue weighted by atomic mass is 9.93. The van der Waals surface area contributed by atoms with E-state index in [1.54, 1.807) is 18.5 Å². The van der Waals surface area contributed by atoms with Crippen LogP contribution in [0.4, 0.5) is 5.82 Å². The molecule has 0 amide bonds. The van der Waals surface area contributed by atoms with Crippen molar-refractivity contribution in [3.63, 3.8) is 0 Å². The molecule has 0 saturated carbocycles. The molecule has 0 radical (unpaired) electrons. The summed E-state index contributed by atoms with van der Waals surface area (Å²) in [6.45, 7) is 4.29. The van der Waals surface area contributed by atoms with Crippen LogP contribution in [0.1, 0.15) is 36.6 Å². The summed E-state index contributed by atoms with van der Waals surface area (Å²) >= 11 is 6.65. The van der Waals surface area contributed by atoms with E-state index in [4.69, 9.17) is 16.3 Å². The monoisotopic (exact) mass is 428 g/mol. The van der Waals surface area contributed by atoms with E-state index in [2.05, 4.69) is 16.0 Å². The number of benzene rings is 2. The Balaban J connectivity index is 0.00000112. The molecule has 3 heterocycles. The molecule has 1 aliphatic heterocycles. The Hall–Kier alpha value is -3.62. The van der Waals surface area contributed by atoms with Crippen molar-refractivity contribution in [2.45, 2.75) is 19.9 Å². The van der Waals surface area contributed by atoms with Gasteiger partial charge in [0.1, 0.15) is 17.4 Å². The predicted molar refractivity (Wildman–Crippen MR) is 123 cm³/mol. The van der Waals surface area contributed by atoms with Gasteiger partial charge in [0, 0.05) is 23.3 Å². The van der Waals surface area contributed by atoms with Crippen LogP contribution in [-0.4, -0.2) is 16.7 Å². The Kier molecular flexibility index (Phi) is 6.01. The van der Waals surface area contributed by atoms with Crippen molar-refractivity contribution in [1.29, 1.82) is 5.26 Å². The molecule has 0 spiro atoms. The maximum atomic E-state index is 9.47. The second-order valence-corrected chi connectivity index (χ2v) is 7.09. The van der Waals surface area contributed by atoms with Crippen LogP contribution in [0.2, 0.25) is 5.02 Å². The minimum Gasteiger partial charge on any atom is -0.470 e. The summed E-state index contributed by atoms with van der Waals surface area (Å²) in [7, 11) is 0. The Morgan fingerprint density at radius 1 is 0.968 bits per heavy atom. The molecule has 31 heavy (non-hydrogen) atoms. The normalized spacial score (nSPS) is 14.6. The van der Waals surface area contributed by atoms with Crippen molar-refractivity contribution in [3.05, 3.63) is 94.8 Å². The number of nitrogens with zero attached hydrogens (tertiary/aromatic N) is 4. The number of anilines is 1. The van der Waals surface area contributed by atoms with Gasteiger partial charge in [-0.3, -0.25) is 4.98 Å². The number of rotatable bonds is 2. The quantitative estimate of drug-likeness (QED) is 0.384. The third-order valence-electron chi connectivity index (χ3n) is 5.10. The summed E-state index contributed by atoms with van der Waals surface area (Å²) < 4.78 is 6.17. The lowest BCUT2D eigenvalue weighted by Gasteiger charge is -2.38. The number of halogens is 1. The molecule has 4 aromatic rings. The zero-order valence-corrected chi connectivity index (χ0v) is 18.0. The molecular weight excluding hydrogens is 408 g/mol. The molecule has 2 aromatic carbocycles. The Labute approximate surface area is 186 Å². The van der Waals surface area contributed by atoms with E-state index in [1.165, 1.54) is 0 Å². The fourth-order valence-corrected chi connectivity index (χ4v) is 4.05. The molecule has 0 aliphatic carbocycles. The third-order valence-corrected chi connectivity index (χ3v) is 5.52. The first kappa shape index (κ1) is 20.6. The van der Waals surface area contributed by atoms with E-state index >= 15 is 0 Å². The topological polar surface area (TPSA) is 62.0 Å². The van der Waals surface area contributed by atoms with Crippen LogP contribution < -0.4 is 9.64 Å². The van der Waals surface area contributed by atoms with E-state index in [-0.39, 0.29) is 12.8 Å². The molecule has 1 atom stereocenters. The van der Waals surface area contributed by atoms with Crippen molar-refractivity contribution in [3.8, 4) is 11.8 Å². The van der Waals surface area contributed by atoms with E-state index in [9.17, 15) is 5.26 Å². The summed E-state index contributed by atoms with van der Waals surface area (Å²) in [6, 6.07) is 21.2. The minimum atomic E-state index is -0.263. The number of aromatic nitrogens is 2. The summed E-state index contributed by atoms with van der Waals surface area (Å²) in [5, 5.41) is 10.9. The van der Waals surface area contributed by atoms with Crippen LogP contribution in [0.3, 0.4) is 0 Å². The average molecular weight is 429 g/mol. The largest absolute Gasteiger partial charge is 0.470 e. The number of ether oxygens (including phenoxy) is 1. The minimum absolute atomic E-state index is 0.263. The zero-order valence-electron chi connectivity index (χ0n) is 17.3. The molecule has 5 rings (SSSR count). The molecule has 6 heteroatoms. The maximum Gasteiger partial charge on any atom is 0.163 e. The predicted octanol–water partition coefficient (Wildman–Crippen LogP) is 6.13. The first-order valence-corrected chi connectivity index (χ1v) is 10.5. The molecule has 2 aromatic heterocycles. The van der Waals surface area contributed by atoms with Gasteiger partial charge in [0.25, 0.3) is 0 Å². The molecule has 0 saturated heterocycles. The maximum absolute atomic E-state index is 9.47. The molecule has 154 valence electrons. The van der Waals surface area contributed by atoms with Gasteiger partial charge in [-0.15, -0.1) is 0 Å². The van der Waals surface area contributed by atoms with Gasteiger partial charge < -0.3 is 9.64 Å². The summed E-state index contributed by atoms with van der Waals surface area (Å²) in [4.78, 5) is 11.1. The van der Waals surface area contributed by atoms with Crippen LogP contribution in [0.15, 0.2) is 73.1 Å². The number of hydrogen-bond donors (Lipinski definition) is 0. The Bertz CT molecular complexity index is 1250. The van der Waals surface area contributed by atoms with E-state index in [1.807, 2.05) is 73.3 Å². The SMILES string of the molecule is CC.N#Cc1cccc(C2c3ccc4cccnc4c3OCN2c2ccccn2)c1Cl. The number of nitriles is 1. The molecule has 0 N–H and O–H groups in total. The Morgan fingerprint density at radius 2 is 1.81 bits per heavy atom. The van der Waals surface area contributed by atoms with Crippen LogP contribution >= 0.6 is 11.6 Å². The molecule has 5 nitrogen and oxygen atoms in total. The van der Waals surface area contributed by atoms with Crippen molar-refractivity contribution >= 4 is 28.3 Å². The highest BCUT2D eigenvalue weighted by Gasteiger charge is 2.34. The van der Waals surface area contributed by atoms with Gasteiger partial charge in [0.15, 0.2) is 12.5 Å². The molecular formula is C25H21ClN4O. The molecule has 1 aliphatic rings. The molecule has 1 unspecified atom stereocenters. The fourth-order valence-electron chi connectivity index (χ4n) is 3.78. The van der Waals surface area contributed by atoms with Gasteiger partial charge in [0.2, 0.25) is 0 Å². The highest BCUT2D eigenvalue weighted by atomic mass is 35.5. The van der Waals surface area contributed by atoms with Crippen LogP contribution in [0.5, 0.6) is 5.75 Å². The van der Waals surface area contributed by atoms with Crippen molar-refractivity contribution < 1.29 is 4.74 Å². The lowest BCUT2D eigenvalue weighted by molar-refractivity contribution is 0.280. The number of hydrogen-bond acceptors (Lipinski definition) is 5. The zero-order chi connectivity index (χ0) is 21.8. The fraction of sp³-hybridized carbons (Fsp3) is 0.160. The lowest BCUT2D eigenvalue weighted by Crippen LogP contribution is -2.38. The van der Waals surface area contributed by atoms with E-state index in [0.717, 1.165) is 33.6 Å². The van der Waals surface area contributed by atoms with Crippen LogP contribution in [0, 0.1) is 11.3 Å². The van der Waals surface area contributed by atoms with Crippen molar-refractivity contribution in [1.82, 2.24) is 9.97 Å². The second kappa shape index (κ2) is 9.03. The first-order valence-electron chi connectivity index (χ1n) is 10.1. The first-order chi connectivity index (χ1) is 15.3. The van der Waals surface area contributed by atoms with E-state index < -0.39 is 0 Å². The highest BCUT2D eigenvalue weighted by Crippen LogP contribution is 2.45. The van der Waals surface area contributed by atoms with Crippen molar-refractivity contribution in [2.24, 2.45) is 0 Å². The van der Waals surface area contributed by atoms with Gasteiger partial charge in [-0.25, -0.2) is 4.98 Å².